The first-order chi connectivity index (χ1) is 11.2. The summed E-state index contributed by atoms with van der Waals surface area (Å²) in [4.78, 5) is 14.7. The molecule has 0 atom stereocenters. The lowest BCUT2D eigenvalue weighted by Gasteiger charge is -2.23. The summed E-state index contributed by atoms with van der Waals surface area (Å²) in [5.74, 6) is 0.250. The molecule has 0 heterocycles. The standard InChI is InChI=1S/C20H32ClNO/c1-3-5-7-9-15-22(16-10-8-6-4-2)20(23)17-18-11-13-19(21)14-12-18/h11-14H,3-10,15-17H2,1-2H3. The summed E-state index contributed by atoms with van der Waals surface area (Å²) in [6.45, 7) is 6.24. The molecule has 0 aliphatic heterocycles. The third-order valence-electron chi connectivity index (χ3n) is 4.18. The first-order valence-electron chi connectivity index (χ1n) is 9.19. The second-order valence-corrected chi connectivity index (χ2v) is 6.74. The largest absolute Gasteiger partial charge is 0.342 e. The first-order valence-corrected chi connectivity index (χ1v) is 9.57. The van der Waals surface area contributed by atoms with Crippen LogP contribution in [-0.2, 0) is 11.2 Å². The van der Waals surface area contributed by atoms with E-state index in [2.05, 4.69) is 18.7 Å². The monoisotopic (exact) mass is 337 g/mol. The number of carbonyl (C=O) groups is 1. The second-order valence-electron chi connectivity index (χ2n) is 6.31. The van der Waals surface area contributed by atoms with Gasteiger partial charge in [-0.1, -0.05) is 76.1 Å². The lowest BCUT2D eigenvalue weighted by molar-refractivity contribution is -0.130. The van der Waals surface area contributed by atoms with E-state index in [0.717, 1.165) is 36.5 Å². The molecule has 0 saturated carbocycles. The number of amides is 1. The number of unbranched alkanes of at least 4 members (excludes halogenated alkanes) is 6. The maximum absolute atomic E-state index is 12.6. The van der Waals surface area contributed by atoms with E-state index in [1.165, 1.54) is 38.5 Å². The predicted molar refractivity (Wildman–Crippen MR) is 100 cm³/mol. The number of hydrogen-bond acceptors (Lipinski definition) is 1. The number of halogens is 1. The number of hydrogen-bond donors (Lipinski definition) is 0. The van der Waals surface area contributed by atoms with Crippen LogP contribution in [0.5, 0.6) is 0 Å². The van der Waals surface area contributed by atoms with Crippen LogP contribution in [-0.4, -0.2) is 23.9 Å². The Hall–Kier alpha value is -1.02. The summed E-state index contributed by atoms with van der Waals surface area (Å²) < 4.78 is 0. The summed E-state index contributed by atoms with van der Waals surface area (Å²) in [5, 5.41) is 0.720. The molecule has 0 spiro atoms. The molecule has 23 heavy (non-hydrogen) atoms. The number of benzene rings is 1. The van der Waals surface area contributed by atoms with Crippen molar-refractivity contribution in [3.63, 3.8) is 0 Å². The van der Waals surface area contributed by atoms with Crippen LogP contribution in [0.25, 0.3) is 0 Å². The van der Waals surface area contributed by atoms with Gasteiger partial charge in [-0.3, -0.25) is 4.79 Å². The molecule has 1 aromatic rings. The molecule has 0 radical (unpaired) electrons. The van der Waals surface area contributed by atoms with Gasteiger partial charge in [0, 0.05) is 18.1 Å². The van der Waals surface area contributed by atoms with Crippen LogP contribution in [0.4, 0.5) is 0 Å². The minimum absolute atomic E-state index is 0.250. The Morgan fingerprint density at radius 1 is 0.870 bits per heavy atom. The fraction of sp³-hybridized carbons (Fsp3) is 0.650. The van der Waals surface area contributed by atoms with Crippen molar-refractivity contribution in [1.29, 1.82) is 0 Å². The summed E-state index contributed by atoms with van der Waals surface area (Å²) >= 11 is 5.91. The molecule has 0 unspecified atom stereocenters. The maximum Gasteiger partial charge on any atom is 0.226 e. The first kappa shape index (κ1) is 20.0. The van der Waals surface area contributed by atoms with Crippen molar-refractivity contribution in [3.8, 4) is 0 Å². The van der Waals surface area contributed by atoms with Crippen LogP contribution in [0.1, 0.15) is 70.8 Å². The molecule has 0 aliphatic carbocycles. The highest BCUT2D eigenvalue weighted by Crippen LogP contribution is 2.12. The Labute approximate surface area is 147 Å². The predicted octanol–water partition coefficient (Wildman–Crippen LogP) is 5.87. The smallest absolute Gasteiger partial charge is 0.226 e. The Balaban J connectivity index is 2.49. The average molecular weight is 338 g/mol. The van der Waals surface area contributed by atoms with Gasteiger partial charge in [0.25, 0.3) is 0 Å². The second kappa shape index (κ2) is 12.4. The number of rotatable bonds is 12. The van der Waals surface area contributed by atoms with Crippen molar-refractivity contribution < 1.29 is 4.79 Å². The summed E-state index contributed by atoms with van der Waals surface area (Å²) in [6, 6.07) is 7.62. The Bertz CT molecular complexity index is 418. The summed E-state index contributed by atoms with van der Waals surface area (Å²) in [5.41, 5.74) is 1.05. The molecule has 130 valence electrons. The van der Waals surface area contributed by atoms with Gasteiger partial charge >= 0.3 is 0 Å². The molecule has 0 aliphatic rings. The van der Waals surface area contributed by atoms with Gasteiger partial charge in [-0.05, 0) is 30.5 Å². The lowest BCUT2D eigenvalue weighted by atomic mass is 10.1. The summed E-state index contributed by atoms with van der Waals surface area (Å²) in [6.07, 6.45) is 10.1. The Morgan fingerprint density at radius 2 is 1.39 bits per heavy atom. The SMILES string of the molecule is CCCCCCN(CCCCCC)C(=O)Cc1ccc(Cl)cc1. The van der Waals surface area contributed by atoms with Gasteiger partial charge in [0.15, 0.2) is 0 Å². The van der Waals surface area contributed by atoms with Gasteiger partial charge in [-0.15, -0.1) is 0 Å². The zero-order chi connectivity index (χ0) is 16.9. The van der Waals surface area contributed by atoms with Gasteiger partial charge in [0.2, 0.25) is 5.91 Å². The molecule has 0 N–H and O–H groups in total. The quantitative estimate of drug-likeness (QED) is 0.437. The zero-order valence-corrected chi connectivity index (χ0v) is 15.6. The van der Waals surface area contributed by atoms with Gasteiger partial charge in [-0.25, -0.2) is 0 Å². The van der Waals surface area contributed by atoms with Gasteiger partial charge < -0.3 is 4.90 Å². The molecule has 1 rings (SSSR count). The normalized spacial score (nSPS) is 10.7. The molecule has 3 heteroatoms. The van der Waals surface area contributed by atoms with Crippen LogP contribution in [0.2, 0.25) is 5.02 Å². The highest BCUT2D eigenvalue weighted by molar-refractivity contribution is 6.30. The molecule has 0 saturated heterocycles. The molecule has 1 aromatic carbocycles. The molecular weight excluding hydrogens is 306 g/mol. The van der Waals surface area contributed by atoms with Crippen molar-refractivity contribution in [3.05, 3.63) is 34.9 Å². The third kappa shape index (κ3) is 9.00. The van der Waals surface area contributed by atoms with E-state index in [1.807, 2.05) is 24.3 Å². The minimum atomic E-state index is 0.250. The van der Waals surface area contributed by atoms with Crippen LogP contribution in [0, 0.1) is 0 Å². The van der Waals surface area contributed by atoms with Gasteiger partial charge in [0.1, 0.15) is 0 Å². The van der Waals surface area contributed by atoms with E-state index < -0.39 is 0 Å². The summed E-state index contributed by atoms with van der Waals surface area (Å²) in [7, 11) is 0. The van der Waals surface area contributed by atoms with Gasteiger partial charge in [-0.2, -0.15) is 0 Å². The van der Waals surface area contributed by atoms with Crippen LogP contribution in [0.3, 0.4) is 0 Å². The highest BCUT2D eigenvalue weighted by atomic mass is 35.5. The van der Waals surface area contributed by atoms with Crippen LogP contribution in [0.15, 0.2) is 24.3 Å². The van der Waals surface area contributed by atoms with E-state index in [4.69, 9.17) is 11.6 Å². The van der Waals surface area contributed by atoms with E-state index in [1.54, 1.807) is 0 Å². The minimum Gasteiger partial charge on any atom is -0.342 e. The van der Waals surface area contributed by atoms with Crippen molar-refractivity contribution in [2.45, 2.75) is 71.6 Å². The van der Waals surface area contributed by atoms with Crippen molar-refractivity contribution in [2.75, 3.05) is 13.1 Å². The molecule has 0 fully saturated rings. The van der Waals surface area contributed by atoms with E-state index in [9.17, 15) is 4.79 Å². The van der Waals surface area contributed by atoms with E-state index in [-0.39, 0.29) is 5.91 Å². The zero-order valence-electron chi connectivity index (χ0n) is 14.8. The number of nitrogens with zero attached hydrogens (tertiary/aromatic N) is 1. The molecule has 0 aromatic heterocycles. The maximum atomic E-state index is 12.6. The van der Waals surface area contributed by atoms with Crippen molar-refractivity contribution in [1.82, 2.24) is 4.90 Å². The highest BCUT2D eigenvalue weighted by Gasteiger charge is 2.13. The molecule has 1 amide bonds. The van der Waals surface area contributed by atoms with Gasteiger partial charge in [0.05, 0.1) is 6.42 Å². The van der Waals surface area contributed by atoms with E-state index >= 15 is 0 Å². The third-order valence-corrected chi connectivity index (χ3v) is 4.44. The fourth-order valence-corrected chi connectivity index (χ4v) is 2.83. The van der Waals surface area contributed by atoms with Crippen LogP contribution < -0.4 is 0 Å². The fourth-order valence-electron chi connectivity index (χ4n) is 2.71. The Morgan fingerprint density at radius 3 is 1.87 bits per heavy atom. The Kier molecular flexibility index (Phi) is 10.8. The number of carbonyl (C=O) groups excluding carboxylic acids is 1. The molecule has 0 bridgehead atoms. The molecule has 2 nitrogen and oxygen atoms in total. The lowest BCUT2D eigenvalue weighted by Crippen LogP contribution is -2.34. The van der Waals surface area contributed by atoms with E-state index in [0.29, 0.717) is 6.42 Å². The van der Waals surface area contributed by atoms with Crippen molar-refractivity contribution in [2.24, 2.45) is 0 Å². The van der Waals surface area contributed by atoms with Crippen LogP contribution >= 0.6 is 11.6 Å². The molecular formula is C20H32ClNO. The average Bonchev–Trinajstić information content (AvgIpc) is 2.55. The topological polar surface area (TPSA) is 20.3 Å². The van der Waals surface area contributed by atoms with Crippen molar-refractivity contribution >= 4 is 17.5 Å².